The largest absolute Gasteiger partial charge is 0.495 e. The van der Waals surface area contributed by atoms with E-state index >= 15 is 0 Å². The first-order valence-electron chi connectivity index (χ1n) is 13.6. The van der Waals surface area contributed by atoms with E-state index in [0.717, 1.165) is 11.1 Å². The summed E-state index contributed by atoms with van der Waals surface area (Å²) in [6.45, 7) is 8.92. The third-order valence-corrected chi connectivity index (χ3v) is 6.96. The van der Waals surface area contributed by atoms with Crippen molar-refractivity contribution in [2.45, 2.75) is 71.8 Å². The van der Waals surface area contributed by atoms with Crippen molar-refractivity contribution in [2.75, 3.05) is 20.8 Å². The van der Waals surface area contributed by atoms with Crippen LogP contribution in [0.3, 0.4) is 0 Å². The third kappa shape index (κ3) is 10.3. The number of methoxy groups -OCH3 is 2. The number of hydrogen-bond acceptors (Lipinski definition) is 8. The molecule has 0 aliphatic heterocycles. The van der Waals surface area contributed by atoms with Crippen molar-refractivity contribution in [3.63, 3.8) is 0 Å². The molecule has 0 saturated heterocycles. The first-order valence-corrected chi connectivity index (χ1v) is 14.0. The summed E-state index contributed by atoms with van der Waals surface area (Å²) in [6, 6.07) is 13.8. The van der Waals surface area contributed by atoms with Gasteiger partial charge in [-0.25, -0.2) is 4.79 Å². The maximum Gasteiger partial charge on any atom is 0.349 e. The van der Waals surface area contributed by atoms with Gasteiger partial charge >= 0.3 is 11.9 Å². The van der Waals surface area contributed by atoms with Crippen molar-refractivity contribution in [3.8, 4) is 5.75 Å². The van der Waals surface area contributed by atoms with E-state index in [1.54, 1.807) is 32.0 Å². The highest BCUT2D eigenvalue weighted by atomic mass is 35.5. The topological polar surface area (TPSA) is 126 Å². The number of nitrogens with one attached hydrogen (secondary N) is 1. The molecule has 0 heterocycles. The number of benzene rings is 2. The summed E-state index contributed by atoms with van der Waals surface area (Å²) in [5, 5.41) is 3.14. The minimum atomic E-state index is -1.15. The van der Waals surface area contributed by atoms with Crippen LogP contribution in [-0.2, 0) is 35.0 Å². The first kappa shape index (κ1) is 34.1. The summed E-state index contributed by atoms with van der Waals surface area (Å²) in [5.41, 5.74) is 6.66. The molecule has 0 aliphatic rings. The number of carbonyl (C=O) groups excluding carboxylic acids is 3. The number of rotatable bonds is 15. The van der Waals surface area contributed by atoms with Crippen LogP contribution in [0.25, 0.3) is 0 Å². The van der Waals surface area contributed by atoms with E-state index in [0.29, 0.717) is 10.8 Å². The predicted octanol–water partition coefficient (Wildman–Crippen LogP) is 4.64. The Morgan fingerprint density at radius 3 is 2.22 bits per heavy atom. The summed E-state index contributed by atoms with van der Waals surface area (Å²) < 4.78 is 21.9. The molecular formula is C31H43ClN2O7. The van der Waals surface area contributed by atoms with Crippen molar-refractivity contribution in [2.24, 2.45) is 17.1 Å². The average Bonchev–Trinajstić information content (AvgIpc) is 2.94. The molecule has 226 valence electrons. The highest BCUT2D eigenvalue weighted by Crippen LogP contribution is 2.26. The van der Waals surface area contributed by atoms with Crippen LogP contribution in [0.5, 0.6) is 5.75 Å². The van der Waals surface area contributed by atoms with Gasteiger partial charge in [0.25, 0.3) is 0 Å². The van der Waals surface area contributed by atoms with E-state index in [1.165, 1.54) is 14.2 Å². The van der Waals surface area contributed by atoms with Gasteiger partial charge in [0.05, 0.1) is 23.6 Å². The molecule has 41 heavy (non-hydrogen) atoms. The van der Waals surface area contributed by atoms with Crippen LogP contribution < -0.4 is 15.8 Å². The second-order valence-corrected chi connectivity index (χ2v) is 11.6. The summed E-state index contributed by atoms with van der Waals surface area (Å²) >= 11 is 6.17. The number of esters is 2. The van der Waals surface area contributed by atoms with E-state index in [9.17, 15) is 14.4 Å². The Morgan fingerprint density at radius 1 is 1.00 bits per heavy atom. The summed E-state index contributed by atoms with van der Waals surface area (Å²) in [4.78, 5) is 39.0. The summed E-state index contributed by atoms with van der Waals surface area (Å²) in [7, 11) is 2.98. The van der Waals surface area contributed by atoms with Gasteiger partial charge in [0.1, 0.15) is 5.75 Å². The van der Waals surface area contributed by atoms with Gasteiger partial charge in [0.2, 0.25) is 12.2 Å². The quantitative estimate of drug-likeness (QED) is 0.227. The zero-order chi connectivity index (χ0) is 30.7. The molecule has 0 saturated carbocycles. The predicted molar refractivity (Wildman–Crippen MR) is 158 cm³/mol. The molecule has 1 unspecified atom stereocenters. The van der Waals surface area contributed by atoms with Crippen LogP contribution in [-0.4, -0.2) is 57.0 Å². The van der Waals surface area contributed by atoms with Crippen LogP contribution in [0.4, 0.5) is 0 Å². The number of ether oxygens (including phenoxy) is 4. The van der Waals surface area contributed by atoms with Crippen molar-refractivity contribution in [3.05, 3.63) is 64.7 Å². The Balaban J connectivity index is 2.00. The molecule has 0 spiro atoms. The summed E-state index contributed by atoms with van der Waals surface area (Å²) in [5.74, 6) is -1.46. The number of nitrogens with two attached hydrogens (primary N) is 1. The molecule has 0 fully saturated rings. The van der Waals surface area contributed by atoms with E-state index < -0.39 is 41.7 Å². The SMILES string of the molecule is COc1ccc(C[C@@H](N)C(=O)NCC(C)(C)C(=O)O[C@@H](CC(C)C)C(=O)O[C@H](OC)C(C)c2ccccc2)cc1Cl. The van der Waals surface area contributed by atoms with Crippen molar-refractivity contribution < 1.29 is 33.3 Å². The molecule has 10 heteroatoms. The fourth-order valence-electron chi connectivity index (χ4n) is 4.06. The van der Waals surface area contributed by atoms with Gasteiger partial charge in [-0.3, -0.25) is 9.59 Å². The van der Waals surface area contributed by atoms with Gasteiger partial charge in [-0.2, -0.15) is 0 Å². The number of amides is 1. The minimum absolute atomic E-state index is 0.0418. The van der Waals surface area contributed by atoms with Crippen molar-refractivity contribution >= 4 is 29.4 Å². The van der Waals surface area contributed by atoms with Gasteiger partial charge in [-0.1, -0.05) is 68.8 Å². The minimum Gasteiger partial charge on any atom is -0.495 e. The fraction of sp³-hybridized carbons (Fsp3) is 0.516. The molecule has 3 N–H and O–H groups in total. The number of halogens is 1. The van der Waals surface area contributed by atoms with Gasteiger partial charge in [0.15, 0.2) is 6.10 Å². The van der Waals surface area contributed by atoms with E-state index in [-0.39, 0.29) is 31.2 Å². The Bertz CT molecular complexity index is 1160. The van der Waals surface area contributed by atoms with Crippen LogP contribution in [0.2, 0.25) is 5.02 Å². The maximum absolute atomic E-state index is 13.2. The molecule has 2 aromatic rings. The Labute approximate surface area is 248 Å². The zero-order valence-corrected chi connectivity index (χ0v) is 25.7. The lowest BCUT2D eigenvalue weighted by Gasteiger charge is -2.29. The van der Waals surface area contributed by atoms with Crippen molar-refractivity contribution in [1.29, 1.82) is 0 Å². The molecule has 9 nitrogen and oxygen atoms in total. The second-order valence-electron chi connectivity index (χ2n) is 11.1. The molecule has 2 aromatic carbocycles. The van der Waals surface area contributed by atoms with E-state index in [1.807, 2.05) is 51.1 Å². The molecule has 4 atom stereocenters. The molecule has 1 amide bonds. The monoisotopic (exact) mass is 590 g/mol. The zero-order valence-electron chi connectivity index (χ0n) is 24.9. The molecule has 0 aliphatic carbocycles. The lowest BCUT2D eigenvalue weighted by molar-refractivity contribution is -0.195. The lowest BCUT2D eigenvalue weighted by atomic mass is 9.93. The van der Waals surface area contributed by atoms with Gasteiger partial charge < -0.3 is 30.0 Å². The standard InChI is InChI=1S/C31H43ClN2O7/c1-19(2)15-26(28(36)41-29(39-7)20(3)22-11-9-8-10-12-22)40-30(37)31(4,5)18-34-27(35)24(33)17-21-13-14-25(38-6)23(32)16-21/h8-14,16,19-20,24,26,29H,15,17-18,33H2,1-7H3,(H,34,35)/t20?,24-,26+,29+/m1/s1. The first-order chi connectivity index (χ1) is 19.3. The highest BCUT2D eigenvalue weighted by Gasteiger charge is 2.36. The molecule has 2 rings (SSSR count). The fourth-order valence-corrected chi connectivity index (χ4v) is 4.34. The Hall–Kier alpha value is -3.14. The molecular weight excluding hydrogens is 548 g/mol. The van der Waals surface area contributed by atoms with Crippen LogP contribution in [0.15, 0.2) is 48.5 Å². The smallest absolute Gasteiger partial charge is 0.349 e. The molecule has 0 bridgehead atoms. The number of carbonyl (C=O) groups is 3. The third-order valence-electron chi connectivity index (χ3n) is 6.66. The maximum atomic E-state index is 13.2. The Kier molecular flexibility index (Phi) is 13.1. The van der Waals surface area contributed by atoms with Crippen molar-refractivity contribution in [1.82, 2.24) is 5.32 Å². The lowest BCUT2D eigenvalue weighted by Crippen LogP contribution is -2.48. The number of hydrogen-bond donors (Lipinski definition) is 2. The van der Waals surface area contributed by atoms with E-state index in [4.69, 9.17) is 36.3 Å². The van der Waals surface area contributed by atoms with Crippen LogP contribution in [0.1, 0.15) is 58.1 Å². The average molecular weight is 591 g/mol. The van der Waals surface area contributed by atoms with Crippen LogP contribution in [0, 0.1) is 11.3 Å². The molecule has 0 radical (unpaired) electrons. The van der Waals surface area contributed by atoms with Gasteiger partial charge in [-0.15, -0.1) is 0 Å². The highest BCUT2D eigenvalue weighted by molar-refractivity contribution is 6.32. The summed E-state index contributed by atoms with van der Waals surface area (Å²) in [6.07, 6.45) is -1.50. The Morgan fingerprint density at radius 2 is 1.66 bits per heavy atom. The van der Waals surface area contributed by atoms with Gasteiger partial charge in [0, 0.05) is 19.6 Å². The normalized spacial score (nSPS) is 14.5. The second kappa shape index (κ2) is 15.7. The van der Waals surface area contributed by atoms with E-state index in [2.05, 4.69) is 5.32 Å². The van der Waals surface area contributed by atoms with Gasteiger partial charge in [-0.05, 0) is 55.9 Å². The molecule has 0 aromatic heterocycles. The van der Waals surface area contributed by atoms with Crippen LogP contribution >= 0.6 is 11.6 Å².